The molecule has 5 fully saturated rings. The maximum absolute atomic E-state index is 13.0. The van der Waals surface area contributed by atoms with Gasteiger partial charge in [-0.25, -0.2) is 9.59 Å². The minimum Gasteiger partial charge on any atom is -0.462 e. The molecule has 0 spiro atoms. The Balaban J connectivity index is 1.21. The summed E-state index contributed by atoms with van der Waals surface area (Å²) in [6.07, 6.45) is 8.21. The standard InChI is InChI=1S/C32H47N3O6/c1-20(36)41-26-18-32(39)25-7-6-22-17-23(33-29(38)35-15-13-34(4)14-16-35)9-11-30(22,2)24(25)10-12-31(32,3)28(26)21-5-8-27(37)40-19-21/h5,8,19,22-26,28,39H,6-7,9-18H2,1-4H3,(H,33,38)/t22-,23+,24+,25-,26+,28+,30+,31-,32+/m1/s1. The third-order valence-corrected chi connectivity index (χ3v) is 12.4. The van der Waals surface area contributed by atoms with Gasteiger partial charge >= 0.3 is 17.6 Å². The second kappa shape index (κ2) is 10.4. The van der Waals surface area contributed by atoms with Gasteiger partial charge in [-0.3, -0.25) is 4.79 Å². The number of rotatable bonds is 3. The molecule has 2 amide bonds. The average molecular weight is 570 g/mol. The van der Waals surface area contributed by atoms with E-state index in [1.807, 2.05) is 4.90 Å². The minimum absolute atomic E-state index is 0.0772. The summed E-state index contributed by atoms with van der Waals surface area (Å²) in [5, 5.41) is 16.1. The number of hydrogen-bond donors (Lipinski definition) is 2. The molecule has 0 unspecified atom stereocenters. The predicted molar refractivity (Wildman–Crippen MR) is 153 cm³/mol. The Morgan fingerprint density at radius 1 is 1.05 bits per heavy atom. The van der Waals surface area contributed by atoms with E-state index in [4.69, 9.17) is 9.15 Å². The van der Waals surface area contributed by atoms with E-state index >= 15 is 0 Å². The van der Waals surface area contributed by atoms with Gasteiger partial charge in [0.05, 0.1) is 11.9 Å². The zero-order valence-corrected chi connectivity index (χ0v) is 25.1. The molecule has 5 aliphatic rings. The van der Waals surface area contributed by atoms with Crippen molar-refractivity contribution >= 4 is 12.0 Å². The lowest BCUT2D eigenvalue weighted by Crippen LogP contribution is -2.62. The number of amides is 2. The van der Waals surface area contributed by atoms with Crippen LogP contribution in [0.3, 0.4) is 0 Å². The van der Waals surface area contributed by atoms with Gasteiger partial charge in [0, 0.05) is 63.0 Å². The molecule has 1 aliphatic heterocycles. The van der Waals surface area contributed by atoms with Crippen LogP contribution in [0, 0.1) is 28.6 Å². The summed E-state index contributed by atoms with van der Waals surface area (Å²) < 4.78 is 11.1. The second-order valence-corrected chi connectivity index (χ2v) is 14.3. The molecular weight excluding hydrogens is 522 g/mol. The van der Waals surface area contributed by atoms with Gasteiger partial charge in [-0.15, -0.1) is 0 Å². The zero-order valence-electron chi connectivity index (χ0n) is 25.1. The van der Waals surface area contributed by atoms with Crippen LogP contribution in [-0.2, 0) is 9.53 Å². The molecule has 9 atom stereocenters. The van der Waals surface area contributed by atoms with Crippen LogP contribution in [-0.4, -0.2) is 77.9 Å². The van der Waals surface area contributed by atoms with Gasteiger partial charge in [0.15, 0.2) is 0 Å². The first kappa shape index (κ1) is 28.7. The molecule has 0 radical (unpaired) electrons. The number of aliphatic hydroxyl groups is 1. The SMILES string of the molecule is CC(=O)O[C@H]1C[C@]2(O)[C@@H]3CC[C@@H]4C[C@@H](NC(=O)N5CCN(C)CC5)CC[C@]4(C)[C@H]3CC[C@]2(C)[C@H]1c1ccc(=O)oc1. The lowest BCUT2D eigenvalue weighted by Gasteiger charge is -2.63. The van der Waals surface area contributed by atoms with Crippen LogP contribution in [0.15, 0.2) is 27.6 Å². The monoisotopic (exact) mass is 569 g/mol. The Bertz CT molecular complexity index is 1210. The topological polar surface area (TPSA) is 112 Å². The number of urea groups is 1. The Labute approximate surface area is 243 Å². The predicted octanol–water partition coefficient (Wildman–Crippen LogP) is 3.75. The number of likely N-dealkylation sites (N-methyl/N-ethyl adjacent to an activating group) is 1. The van der Waals surface area contributed by atoms with Crippen molar-refractivity contribution in [3.05, 3.63) is 34.4 Å². The highest BCUT2D eigenvalue weighted by atomic mass is 16.5. The van der Waals surface area contributed by atoms with E-state index in [0.717, 1.165) is 76.7 Å². The lowest BCUT2D eigenvalue weighted by molar-refractivity contribution is -0.202. The highest BCUT2D eigenvalue weighted by Gasteiger charge is 2.70. The number of piperazine rings is 1. The largest absolute Gasteiger partial charge is 0.462 e. The molecule has 2 N–H and O–H groups in total. The van der Waals surface area contributed by atoms with Gasteiger partial charge in [-0.1, -0.05) is 13.8 Å². The van der Waals surface area contributed by atoms with E-state index in [9.17, 15) is 19.5 Å². The van der Waals surface area contributed by atoms with Crippen LogP contribution in [0.5, 0.6) is 0 Å². The summed E-state index contributed by atoms with van der Waals surface area (Å²) in [5.41, 5.74) is -1.00. The molecular formula is C32H47N3O6. The Hall–Kier alpha value is -2.39. The van der Waals surface area contributed by atoms with Gasteiger partial charge < -0.3 is 29.4 Å². The molecule has 0 aromatic carbocycles. The van der Waals surface area contributed by atoms with Gasteiger partial charge in [-0.05, 0) is 86.8 Å². The third kappa shape index (κ3) is 4.71. The summed E-state index contributed by atoms with van der Waals surface area (Å²) in [5.74, 6) is 0.394. The summed E-state index contributed by atoms with van der Waals surface area (Å²) >= 11 is 0. The summed E-state index contributed by atoms with van der Waals surface area (Å²) in [4.78, 5) is 41.1. The summed E-state index contributed by atoms with van der Waals surface area (Å²) in [7, 11) is 2.10. The molecule has 4 aliphatic carbocycles. The van der Waals surface area contributed by atoms with E-state index in [1.165, 1.54) is 19.3 Å². The molecule has 1 saturated heterocycles. The Kier molecular flexibility index (Phi) is 7.29. The Morgan fingerprint density at radius 3 is 2.49 bits per heavy atom. The molecule has 9 heteroatoms. The van der Waals surface area contributed by atoms with Crippen LogP contribution in [0.2, 0.25) is 0 Å². The van der Waals surface area contributed by atoms with Gasteiger partial charge in [0.1, 0.15) is 6.10 Å². The minimum atomic E-state index is -0.989. The zero-order chi connectivity index (χ0) is 29.2. The number of hydrogen-bond acceptors (Lipinski definition) is 7. The van der Waals surface area contributed by atoms with Crippen molar-refractivity contribution in [3.8, 4) is 0 Å². The third-order valence-electron chi connectivity index (χ3n) is 12.4. The first-order valence-electron chi connectivity index (χ1n) is 15.7. The van der Waals surface area contributed by atoms with Gasteiger partial charge in [-0.2, -0.15) is 0 Å². The van der Waals surface area contributed by atoms with Crippen molar-refractivity contribution in [3.63, 3.8) is 0 Å². The summed E-state index contributed by atoms with van der Waals surface area (Å²) in [6.45, 7) is 9.40. The first-order chi connectivity index (χ1) is 19.4. The average Bonchev–Trinajstić information content (AvgIpc) is 3.15. The highest BCUT2D eigenvalue weighted by Crippen LogP contribution is 2.70. The fourth-order valence-corrected chi connectivity index (χ4v) is 10.1. The number of fused-ring (bicyclic) bond motifs is 5. The fraction of sp³-hybridized carbons (Fsp3) is 0.781. The molecule has 2 heterocycles. The fourth-order valence-electron chi connectivity index (χ4n) is 10.1. The number of carbonyl (C=O) groups is 2. The van der Waals surface area contributed by atoms with Gasteiger partial charge in [0.2, 0.25) is 0 Å². The van der Waals surface area contributed by atoms with E-state index < -0.39 is 22.7 Å². The number of nitrogens with zero attached hydrogens (tertiary/aromatic N) is 2. The van der Waals surface area contributed by atoms with Crippen LogP contribution >= 0.6 is 0 Å². The first-order valence-corrected chi connectivity index (χ1v) is 15.7. The number of esters is 1. The van der Waals surface area contributed by atoms with Crippen molar-refractivity contribution in [1.29, 1.82) is 0 Å². The Morgan fingerprint density at radius 2 is 1.80 bits per heavy atom. The molecule has 9 nitrogen and oxygen atoms in total. The molecule has 226 valence electrons. The van der Waals surface area contributed by atoms with Crippen LogP contribution in [0.25, 0.3) is 0 Å². The van der Waals surface area contributed by atoms with E-state index in [0.29, 0.717) is 18.3 Å². The molecule has 41 heavy (non-hydrogen) atoms. The molecule has 1 aromatic heterocycles. The lowest BCUT2D eigenvalue weighted by atomic mass is 9.43. The quantitative estimate of drug-likeness (QED) is 0.533. The van der Waals surface area contributed by atoms with E-state index in [2.05, 4.69) is 31.1 Å². The highest BCUT2D eigenvalue weighted by molar-refractivity contribution is 5.74. The molecule has 6 rings (SSSR count). The maximum atomic E-state index is 13.0. The molecule has 1 aromatic rings. The van der Waals surface area contributed by atoms with Crippen LogP contribution in [0.4, 0.5) is 4.79 Å². The van der Waals surface area contributed by atoms with Crippen molar-refractivity contribution in [2.45, 2.75) is 95.8 Å². The van der Waals surface area contributed by atoms with Crippen molar-refractivity contribution in [1.82, 2.24) is 15.1 Å². The number of ether oxygens (including phenoxy) is 1. The van der Waals surface area contributed by atoms with Crippen molar-refractivity contribution in [2.24, 2.45) is 28.6 Å². The number of carbonyl (C=O) groups excluding carboxylic acids is 2. The van der Waals surface area contributed by atoms with Gasteiger partial charge in [0.25, 0.3) is 0 Å². The molecule has 4 saturated carbocycles. The summed E-state index contributed by atoms with van der Waals surface area (Å²) in [6, 6.07) is 3.46. The van der Waals surface area contributed by atoms with Crippen LogP contribution in [0.1, 0.15) is 83.6 Å². The van der Waals surface area contributed by atoms with Crippen molar-refractivity contribution < 1.29 is 23.8 Å². The van der Waals surface area contributed by atoms with E-state index in [1.54, 1.807) is 6.07 Å². The molecule has 0 bridgehead atoms. The maximum Gasteiger partial charge on any atom is 0.335 e. The van der Waals surface area contributed by atoms with E-state index in [-0.39, 0.29) is 35.3 Å². The second-order valence-electron chi connectivity index (χ2n) is 14.3. The normalized spacial score (nSPS) is 42.5. The van der Waals surface area contributed by atoms with Crippen molar-refractivity contribution in [2.75, 3.05) is 33.2 Å². The smallest absolute Gasteiger partial charge is 0.335 e. The number of nitrogens with one attached hydrogen (secondary N) is 1. The van der Waals surface area contributed by atoms with Crippen LogP contribution < -0.4 is 10.9 Å².